The number of pyridine rings is 1. The second-order valence-corrected chi connectivity index (χ2v) is 3.65. The third-order valence-electron chi connectivity index (χ3n) is 2.62. The number of nitrogens with zero attached hydrogens (tertiary/aromatic N) is 3. The number of carbonyl (C=O) groups excluding carboxylic acids is 1. The first-order chi connectivity index (χ1) is 7.70. The maximum Gasteiger partial charge on any atom is 0.300 e. The Labute approximate surface area is 92.0 Å². The molecule has 1 aliphatic rings. The van der Waals surface area contributed by atoms with Crippen molar-refractivity contribution in [3.8, 4) is 0 Å². The van der Waals surface area contributed by atoms with Crippen molar-refractivity contribution >= 4 is 11.6 Å². The molecule has 1 amide bonds. The Morgan fingerprint density at radius 3 is 2.75 bits per heavy atom. The molecule has 0 bridgehead atoms. The molecule has 1 aromatic rings. The first-order valence-electron chi connectivity index (χ1n) is 5.08. The Balaban J connectivity index is 2.32. The number of likely N-dealkylation sites (tertiary alicyclic amines) is 1. The van der Waals surface area contributed by atoms with E-state index in [-0.39, 0.29) is 17.2 Å². The molecule has 0 saturated carbocycles. The highest BCUT2D eigenvalue weighted by Gasteiger charge is 2.26. The fourth-order valence-electron chi connectivity index (χ4n) is 1.80. The molecule has 2 heterocycles. The van der Waals surface area contributed by atoms with Crippen LogP contribution in [0.5, 0.6) is 0 Å². The molecule has 16 heavy (non-hydrogen) atoms. The maximum atomic E-state index is 12.0. The Bertz CT molecular complexity index is 427. The molecule has 0 aromatic carbocycles. The largest absolute Gasteiger partial charge is 0.338 e. The summed E-state index contributed by atoms with van der Waals surface area (Å²) in [5.74, 6) is -0.272. The van der Waals surface area contributed by atoms with E-state index < -0.39 is 4.92 Å². The lowest BCUT2D eigenvalue weighted by molar-refractivity contribution is -0.385. The molecule has 6 heteroatoms. The standard InChI is InChI=1S/C10H11N3O3/c14-10(12-5-1-2-6-12)8-3-4-11-7-9(8)13(15)16/h3-4,7H,1-2,5-6H2. The first kappa shape index (κ1) is 10.5. The van der Waals surface area contributed by atoms with Gasteiger partial charge in [0, 0.05) is 19.3 Å². The maximum absolute atomic E-state index is 12.0. The Morgan fingerprint density at radius 1 is 1.44 bits per heavy atom. The minimum absolute atomic E-state index is 0.127. The van der Waals surface area contributed by atoms with Gasteiger partial charge >= 0.3 is 0 Å². The molecule has 0 N–H and O–H groups in total. The van der Waals surface area contributed by atoms with Gasteiger partial charge < -0.3 is 4.90 Å². The van der Waals surface area contributed by atoms with Crippen molar-refractivity contribution in [2.75, 3.05) is 13.1 Å². The van der Waals surface area contributed by atoms with Gasteiger partial charge in [-0.25, -0.2) is 0 Å². The van der Waals surface area contributed by atoms with E-state index in [2.05, 4.69) is 4.98 Å². The van der Waals surface area contributed by atoms with Crippen LogP contribution in [0.4, 0.5) is 5.69 Å². The Kier molecular flexibility index (Phi) is 2.80. The zero-order valence-electron chi connectivity index (χ0n) is 8.63. The number of hydrogen-bond acceptors (Lipinski definition) is 4. The number of carbonyl (C=O) groups is 1. The van der Waals surface area contributed by atoms with E-state index in [9.17, 15) is 14.9 Å². The van der Waals surface area contributed by atoms with E-state index in [1.807, 2.05) is 0 Å². The molecular weight excluding hydrogens is 210 g/mol. The van der Waals surface area contributed by atoms with Gasteiger partial charge in [0.1, 0.15) is 11.8 Å². The molecule has 1 saturated heterocycles. The molecule has 0 spiro atoms. The van der Waals surface area contributed by atoms with Gasteiger partial charge in [-0.05, 0) is 18.9 Å². The Morgan fingerprint density at radius 2 is 2.12 bits per heavy atom. The van der Waals surface area contributed by atoms with E-state index in [1.165, 1.54) is 12.3 Å². The van der Waals surface area contributed by atoms with E-state index in [0.29, 0.717) is 13.1 Å². The summed E-state index contributed by atoms with van der Waals surface area (Å²) in [5, 5.41) is 10.7. The van der Waals surface area contributed by atoms with Crippen LogP contribution in [0.25, 0.3) is 0 Å². The summed E-state index contributed by atoms with van der Waals surface area (Å²) in [6.45, 7) is 1.36. The average Bonchev–Trinajstić information content (AvgIpc) is 2.81. The third kappa shape index (κ3) is 1.86. The van der Waals surface area contributed by atoms with Crippen LogP contribution >= 0.6 is 0 Å². The van der Waals surface area contributed by atoms with Crippen LogP contribution < -0.4 is 0 Å². The smallest absolute Gasteiger partial charge is 0.300 e. The van der Waals surface area contributed by atoms with Crippen LogP contribution in [-0.4, -0.2) is 33.8 Å². The molecule has 84 valence electrons. The lowest BCUT2D eigenvalue weighted by Gasteiger charge is -2.14. The minimum Gasteiger partial charge on any atom is -0.338 e. The molecule has 0 aliphatic carbocycles. The lowest BCUT2D eigenvalue weighted by atomic mass is 10.2. The molecule has 0 radical (unpaired) electrons. The number of rotatable bonds is 2. The van der Waals surface area contributed by atoms with Crippen LogP contribution in [0.1, 0.15) is 23.2 Å². The second-order valence-electron chi connectivity index (χ2n) is 3.65. The highest BCUT2D eigenvalue weighted by molar-refractivity contribution is 5.98. The summed E-state index contributed by atoms with van der Waals surface area (Å²) in [6, 6.07) is 1.40. The summed E-state index contributed by atoms with van der Waals surface area (Å²) >= 11 is 0. The summed E-state index contributed by atoms with van der Waals surface area (Å²) in [4.78, 5) is 27.4. The van der Waals surface area contributed by atoms with Gasteiger partial charge in [0.05, 0.1) is 4.92 Å². The van der Waals surface area contributed by atoms with E-state index in [1.54, 1.807) is 4.90 Å². The van der Waals surface area contributed by atoms with Gasteiger partial charge in [-0.15, -0.1) is 0 Å². The van der Waals surface area contributed by atoms with Gasteiger partial charge in [-0.2, -0.15) is 0 Å². The van der Waals surface area contributed by atoms with Crippen molar-refractivity contribution in [1.29, 1.82) is 0 Å². The van der Waals surface area contributed by atoms with E-state index in [0.717, 1.165) is 19.0 Å². The average molecular weight is 221 g/mol. The third-order valence-corrected chi connectivity index (χ3v) is 2.62. The number of aromatic nitrogens is 1. The highest BCUT2D eigenvalue weighted by atomic mass is 16.6. The normalized spacial score (nSPS) is 15.1. The molecule has 1 fully saturated rings. The van der Waals surface area contributed by atoms with Crippen molar-refractivity contribution in [2.24, 2.45) is 0 Å². The number of nitro groups is 1. The zero-order chi connectivity index (χ0) is 11.5. The van der Waals surface area contributed by atoms with Crippen LogP contribution in [0.3, 0.4) is 0 Å². The topological polar surface area (TPSA) is 76.3 Å². The molecule has 0 unspecified atom stereocenters. The van der Waals surface area contributed by atoms with Crippen molar-refractivity contribution in [3.05, 3.63) is 34.1 Å². The van der Waals surface area contributed by atoms with Crippen LogP contribution in [0.2, 0.25) is 0 Å². The van der Waals surface area contributed by atoms with Crippen molar-refractivity contribution in [2.45, 2.75) is 12.8 Å². The summed E-state index contributed by atoms with van der Waals surface area (Å²) in [6.07, 6.45) is 4.44. The molecule has 1 aromatic heterocycles. The SMILES string of the molecule is O=C(c1ccncc1[N+](=O)[O-])N1CCCC1. The quantitative estimate of drug-likeness (QED) is 0.555. The van der Waals surface area contributed by atoms with Crippen molar-refractivity contribution in [3.63, 3.8) is 0 Å². The molecule has 2 rings (SSSR count). The number of amides is 1. The zero-order valence-corrected chi connectivity index (χ0v) is 8.63. The second kappa shape index (κ2) is 4.26. The highest BCUT2D eigenvalue weighted by Crippen LogP contribution is 2.20. The number of hydrogen-bond donors (Lipinski definition) is 0. The van der Waals surface area contributed by atoms with Crippen LogP contribution in [0, 0.1) is 10.1 Å². The van der Waals surface area contributed by atoms with E-state index >= 15 is 0 Å². The lowest BCUT2D eigenvalue weighted by Crippen LogP contribution is -2.28. The summed E-state index contributed by atoms with van der Waals surface area (Å²) in [7, 11) is 0. The summed E-state index contributed by atoms with van der Waals surface area (Å²) < 4.78 is 0. The predicted molar refractivity (Wildman–Crippen MR) is 56.0 cm³/mol. The van der Waals surface area contributed by atoms with Gasteiger partial charge in [-0.1, -0.05) is 0 Å². The first-order valence-corrected chi connectivity index (χ1v) is 5.08. The van der Waals surface area contributed by atoms with Gasteiger partial charge in [0.25, 0.3) is 11.6 Å². The molecule has 0 atom stereocenters. The predicted octanol–water partition coefficient (Wildman–Crippen LogP) is 1.23. The van der Waals surface area contributed by atoms with Gasteiger partial charge in [0.15, 0.2) is 0 Å². The fourth-order valence-corrected chi connectivity index (χ4v) is 1.80. The minimum atomic E-state index is -0.573. The van der Waals surface area contributed by atoms with Gasteiger partial charge in [0.2, 0.25) is 0 Å². The molecule has 1 aliphatic heterocycles. The Hall–Kier alpha value is -1.98. The van der Waals surface area contributed by atoms with Crippen LogP contribution in [-0.2, 0) is 0 Å². The summed E-state index contributed by atoms with van der Waals surface area (Å²) in [5.41, 5.74) is -0.0960. The van der Waals surface area contributed by atoms with Crippen molar-refractivity contribution in [1.82, 2.24) is 9.88 Å². The fraction of sp³-hybridized carbons (Fsp3) is 0.400. The van der Waals surface area contributed by atoms with E-state index in [4.69, 9.17) is 0 Å². The van der Waals surface area contributed by atoms with Gasteiger partial charge in [-0.3, -0.25) is 19.9 Å². The monoisotopic (exact) mass is 221 g/mol. The molecular formula is C10H11N3O3. The van der Waals surface area contributed by atoms with Crippen molar-refractivity contribution < 1.29 is 9.72 Å². The molecule has 6 nitrogen and oxygen atoms in total. The van der Waals surface area contributed by atoms with Crippen LogP contribution in [0.15, 0.2) is 18.5 Å².